The second-order valence-electron chi connectivity index (χ2n) is 2.28. The highest BCUT2D eigenvalue weighted by atomic mass is 16.3. The van der Waals surface area contributed by atoms with Crippen LogP contribution in [0.15, 0.2) is 28.7 Å². The van der Waals surface area contributed by atoms with E-state index in [0.29, 0.717) is 0 Å². The van der Waals surface area contributed by atoms with Gasteiger partial charge in [-0.2, -0.15) is 9.59 Å². The summed E-state index contributed by atoms with van der Waals surface area (Å²) in [6.07, 6.45) is 0.250. The van der Waals surface area contributed by atoms with Crippen molar-refractivity contribution in [3.05, 3.63) is 30.2 Å². The van der Waals surface area contributed by atoms with Gasteiger partial charge in [-0.1, -0.05) is 12.1 Å². The molecule has 2 rings (SSSR count). The Hall–Kier alpha value is -1.93. The van der Waals surface area contributed by atoms with Crippen molar-refractivity contribution in [1.82, 2.24) is 4.98 Å². The molecule has 4 heteroatoms. The van der Waals surface area contributed by atoms with Gasteiger partial charge in [-0.15, -0.1) is 0 Å². The number of nitrogens with zero attached hydrogens (tertiary/aromatic N) is 1. The Morgan fingerprint density at radius 3 is 2.54 bits per heavy atom. The first-order chi connectivity index (χ1) is 6.27. The molecule has 0 N–H and O–H groups in total. The quantitative estimate of drug-likeness (QED) is 0.612. The second-order valence-corrected chi connectivity index (χ2v) is 2.28. The summed E-state index contributed by atoms with van der Waals surface area (Å²) in [6.45, 7) is 1.85. The average molecular weight is 177 g/mol. The Labute approximate surface area is 74.2 Å². The molecule has 0 bridgehead atoms. The number of aryl methyl sites for hydroxylation is 1. The van der Waals surface area contributed by atoms with Crippen molar-refractivity contribution in [1.29, 1.82) is 0 Å². The van der Waals surface area contributed by atoms with E-state index in [1.54, 1.807) is 0 Å². The van der Waals surface area contributed by atoms with E-state index in [1.807, 2.05) is 31.2 Å². The van der Waals surface area contributed by atoms with Crippen LogP contribution in [0.25, 0.3) is 11.1 Å². The van der Waals surface area contributed by atoms with Crippen molar-refractivity contribution >= 4 is 17.3 Å². The van der Waals surface area contributed by atoms with Gasteiger partial charge < -0.3 is 4.42 Å². The Kier molecular flexibility index (Phi) is 2.95. The summed E-state index contributed by atoms with van der Waals surface area (Å²) in [5.74, 6) is 0.723. The lowest BCUT2D eigenvalue weighted by atomic mass is 10.3. The third-order valence-electron chi connectivity index (χ3n) is 1.40. The number of carbonyl (C=O) groups excluding carboxylic acids is 2. The molecule has 4 nitrogen and oxygen atoms in total. The molecule has 0 fully saturated rings. The summed E-state index contributed by atoms with van der Waals surface area (Å²) in [5.41, 5.74) is 1.79. The Morgan fingerprint density at radius 1 is 1.31 bits per heavy atom. The molecular formula is C9H7NO3. The van der Waals surface area contributed by atoms with E-state index in [-0.39, 0.29) is 6.15 Å². The van der Waals surface area contributed by atoms with Crippen molar-refractivity contribution in [2.24, 2.45) is 0 Å². The maximum Gasteiger partial charge on any atom is 0.373 e. The van der Waals surface area contributed by atoms with E-state index < -0.39 is 0 Å². The zero-order chi connectivity index (χ0) is 9.68. The number of oxazole rings is 1. The van der Waals surface area contributed by atoms with Gasteiger partial charge in [0.1, 0.15) is 5.52 Å². The third-order valence-corrected chi connectivity index (χ3v) is 1.40. The number of para-hydroxylation sites is 2. The summed E-state index contributed by atoms with van der Waals surface area (Å²) in [6, 6.07) is 7.73. The van der Waals surface area contributed by atoms with Crippen molar-refractivity contribution < 1.29 is 14.0 Å². The molecule has 0 saturated carbocycles. The van der Waals surface area contributed by atoms with Crippen LogP contribution in [0.1, 0.15) is 5.89 Å². The zero-order valence-electron chi connectivity index (χ0n) is 6.98. The highest BCUT2D eigenvalue weighted by Gasteiger charge is 1.97. The number of hydrogen-bond acceptors (Lipinski definition) is 4. The molecule has 0 unspecified atom stereocenters. The molecule has 1 aromatic heterocycles. The molecule has 2 aromatic rings. The lowest BCUT2D eigenvalue weighted by molar-refractivity contribution is -0.191. The standard InChI is InChI=1S/C8H7NO.CO2/c1-6-9-7-4-2-3-5-8(7)10-6;2-1-3/h2-5H,1H3;. The first-order valence-corrected chi connectivity index (χ1v) is 3.59. The lowest BCUT2D eigenvalue weighted by Crippen LogP contribution is -1.65. The van der Waals surface area contributed by atoms with Gasteiger partial charge in [-0.3, -0.25) is 0 Å². The van der Waals surface area contributed by atoms with Gasteiger partial charge in [0.25, 0.3) is 0 Å². The number of fused-ring (bicyclic) bond motifs is 1. The first-order valence-electron chi connectivity index (χ1n) is 3.59. The third kappa shape index (κ3) is 2.25. The predicted octanol–water partition coefficient (Wildman–Crippen LogP) is 1.55. The maximum absolute atomic E-state index is 8.12. The van der Waals surface area contributed by atoms with Crippen molar-refractivity contribution in [2.75, 3.05) is 0 Å². The van der Waals surface area contributed by atoms with E-state index in [2.05, 4.69) is 4.98 Å². The summed E-state index contributed by atoms with van der Waals surface area (Å²) in [5, 5.41) is 0. The van der Waals surface area contributed by atoms with Crippen molar-refractivity contribution in [3.63, 3.8) is 0 Å². The van der Waals surface area contributed by atoms with Gasteiger partial charge in [0.05, 0.1) is 0 Å². The fraction of sp³-hybridized carbons (Fsp3) is 0.111. The fourth-order valence-corrected chi connectivity index (χ4v) is 0.987. The molecule has 0 aliphatic rings. The van der Waals surface area contributed by atoms with Crippen LogP contribution in [-0.2, 0) is 9.59 Å². The maximum atomic E-state index is 8.12. The number of hydrogen-bond donors (Lipinski definition) is 0. The van der Waals surface area contributed by atoms with E-state index in [9.17, 15) is 0 Å². The molecule has 0 amide bonds. The monoisotopic (exact) mass is 177 g/mol. The largest absolute Gasteiger partial charge is 0.441 e. The van der Waals surface area contributed by atoms with E-state index in [1.165, 1.54) is 0 Å². The van der Waals surface area contributed by atoms with E-state index in [0.717, 1.165) is 17.0 Å². The van der Waals surface area contributed by atoms with E-state index in [4.69, 9.17) is 14.0 Å². The smallest absolute Gasteiger partial charge is 0.373 e. The second kappa shape index (κ2) is 4.18. The predicted molar refractivity (Wildman–Crippen MR) is 43.8 cm³/mol. The van der Waals surface area contributed by atoms with Crippen LogP contribution in [-0.4, -0.2) is 11.1 Å². The van der Waals surface area contributed by atoms with Gasteiger partial charge in [0.15, 0.2) is 11.5 Å². The molecular weight excluding hydrogens is 170 g/mol. The molecule has 13 heavy (non-hydrogen) atoms. The Bertz CT molecular complexity index is 394. The molecule has 0 saturated heterocycles. The Balaban J connectivity index is 0.000000251. The van der Waals surface area contributed by atoms with Crippen LogP contribution in [0.2, 0.25) is 0 Å². The zero-order valence-corrected chi connectivity index (χ0v) is 6.98. The highest BCUT2D eigenvalue weighted by Crippen LogP contribution is 2.12. The molecule has 0 atom stereocenters. The molecule has 66 valence electrons. The molecule has 0 spiro atoms. The first kappa shape index (κ1) is 9.16. The lowest BCUT2D eigenvalue weighted by Gasteiger charge is -1.79. The van der Waals surface area contributed by atoms with Gasteiger partial charge in [-0.25, -0.2) is 4.98 Å². The minimum Gasteiger partial charge on any atom is -0.441 e. The van der Waals surface area contributed by atoms with Crippen molar-refractivity contribution in [3.8, 4) is 0 Å². The topological polar surface area (TPSA) is 60.2 Å². The molecule has 1 aromatic carbocycles. The average Bonchev–Trinajstić information content (AvgIpc) is 2.45. The number of rotatable bonds is 0. The summed E-state index contributed by atoms with van der Waals surface area (Å²) in [4.78, 5) is 20.4. The van der Waals surface area contributed by atoms with Crippen LogP contribution in [0.3, 0.4) is 0 Å². The van der Waals surface area contributed by atoms with Crippen LogP contribution in [0, 0.1) is 6.92 Å². The summed E-state index contributed by atoms with van der Waals surface area (Å²) in [7, 11) is 0. The fourth-order valence-electron chi connectivity index (χ4n) is 0.987. The Morgan fingerprint density at radius 2 is 1.92 bits per heavy atom. The van der Waals surface area contributed by atoms with Gasteiger partial charge in [0.2, 0.25) is 0 Å². The highest BCUT2D eigenvalue weighted by molar-refractivity contribution is 5.71. The summed E-state index contributed by atoms with van der Waals surface area (Å²) < 4.78 is 5.26. The molecule has 0 radical (unpaired) electrons. The number of aromatic nitrogens is 1. The van der Waals surface area contributed by atoms with Crippen molar-refractivity contribution in [2.45, 2.75) is 6.92 Å². The van der Waals surface area contributed by atoms with Crippen LogP contribution >= 0.6 is 0 Å². The van der Waals surface area contributed by atoms with E-state index >= 15 is 0 Å². The number of benzene rings is 1. The minimum absolute atomic E-state index is 0.250. The molecule has 1 heterocycles. The SMILES string of the molecule is Cc1nc2ccccc2o1.O=C=O. The minimum atomic E-state index is 0.250. The van der Waals surface area contributed by atoms with Gasteiger partial charge >= 0.3 is 6.15 Å². The molecule has 0 aliphatic heterocycles. The summed E-state index contributed by atoms with van der Waals surface area (Å²) >= 11 is 0. The van der Waals surface area contributed by atoms with Crippen LogP contribution < -0.4 is 0 Å². The van der Waals surface area contributed by atoms with Crippen LogP contribution in [0.5, 0.6) is 0 Å². The molecule has 0 aliphatic carbocycles. The van der Waals surface area contributed by atoms with Gasteiger partial charge in [-0.05, 0) is 12.1 Å². The van der Waals surface area contributed by atoms with Gasteiger partial charge in [0, 0.05) is 6.92 Å². The van der Waals surface area contributed by atoms with Crippen LogP contribution in [0.4, 0.5) is 0 Å². The normalized spacial score (nSPS) is 8.69.